The first-order valence-corrected chi connectivity index (χ1v) is 7.71. The largest absolute Gasteiger partial charge is 0.497 e. The molecule has 0 radical (unpaired) electrons. The molecule has 1 saturated heterocycles. The molecule has 1 aromatic carbocycles. The van der Waals surface area contributed by atoms with Gasteiger partial charge in [0.1, 0.15) is 11.5 Å². The zero-order valence-electron chi connectivity index (χ0n) is 12.7. The smallest absolute Gasteiger partial charge is 0.168 e. The lowest BCUT2D eigenvalue weighted by molar-refractivity contribution is 0.0960. The van der Waals surface area contributed by atoms with E-state index in [9.17, 15) is 4.79 Å². The van der Waals surface area contributed by atoms with E-state index >= 15 is 0 Å². The Morgan fingerprint density at radius 3 is 2.90 bits per heavy atom. The molecule has 3 atom stereocenters. The third-order valence-electron chi connectivity index (χ3n) is 4.99. The monoisotopic (exact) mass is 289 g/mol. The molecule has 1 aliphatic heterocycles. The van der Waals surface area contributed by atoms with Gasteiger partial charge in [0.05, 0.1) is 19.8 Å². The van der Waals surface area contributed by atoms with Crippen molar-refractivity contribution < 1.29 is 14.3 Å². The van der Waals surface area contributed by atoms with Gasteiger partial charge >= 0.3 is 0 Å². The Morgan fingerprint density at radius 2 is 2.14 bits per heavy atom. The number of ether oxygens (including phenoxy) is 2. The first-order chi connectivity index (χ1) is 10.2. The van der Waals surface area contributed by atoms with Gasteiger partial charge in [0.15, 0.2) is 5.78 Å². The standard InChI is InChI=1S/C17H23NO3/c1-20-12-6-7-14(17(8-12)21-2)16(19)9-15-13-5-3-4-11(13)10-18-15/h6-8,11,13,15,18H,3-5,9-10H2,1-2H3. The van der Waals surface area contributed by atoms with Crippen molar-refractivity contribution in [3.05, 3.63) is 23.8 Å². The van der Waals surface area contributed by atoms with Crippen molar-refractivity contribution in [2.75, 3.05) is 20.8 Å². The number of benzene rings is 1. The number of methoxy groups -OCH3 is 2. The minimum absolute atomic E-state index is 0.152. The molecule has 2 aliphatic rings. The Balaban J connectivity index is 1.73. The molecular weight excluding hydrogens is 266 g/mol. The maximum absolute atomic E-state index is 12.6. The van der Waals surface area contributed by atoms with E-state index in [0.717, 1.165) is 12.5 Å². The topological polar surface area (TPSA) is 47.6 Å². The van der Waals surface area contributed by atoms with Crippen LogP contribution >= 0.6 is 0 Å². The summed E-state index contributed by atoms with van der Waals surface area (Å²) in [7, 11) is 3.20. The van der Waals surface area contributed by atoms with Crippen molar-refractivity contribution in [3.63, 3.8) is 0 Å². The maximum Gasteiger partial charge on any atom is 0.168 e. The summed E-state index contributed by atoms with van der Waals surface area (Å²) in [6, 6.07) is 5.72. The highest BCUT2D eigenvalue weighted by atomic mass is 16.5. The summed E-state index contributed by atoms with van der Waals surface area (Å²) in [6.07, 6.45) is 4.45. The molecule has 3 rings (SSSR count). The van der Waals surface area contributed by atoms with Crippen LogP contribution in [-0.4, -0.2) is 32.6 Å². The van der Waals surface area contributed by atoms with E-state index in [1.807, 2.05) is 6.07 Å². The number of hydrogen-bond donors (Lipinski definition) is 1. The fraction of sp³-hybridized carbons (Fsp3) is 0.588. The SMILES string of the molecule is COc1ccc(C(=O)CC2NCC3CCCC32)c(OC)c1. The predicted molar refractivity (Wildman–Crippen MR) is 81.1 cm³/mol. The average molecular weight is 289 g/mol. The summed E-state index contributed by atoms with van der Waals surface area (Å²) in [5, 5.41) is 3.53. The molecule has 2 fully saturated rings. The van der Waals surface area contributed by atoms with Gasteiger partial charge in [-0.15, -0.1) is 0 Å². The van der Waals surface area contributed by atoms with Gasteiger partial charge in [0.25, 0.3) is 0 Å². The molecule has 1 aliphatic carbocycles. The van der Waals surface area contributed by atoms with E-state index in [1.54, 1.807) is 26.4 Å². The Bertz CT molecular complexity index is 529. The molecule has 0 bridgehead atoms. The summed E-state index contributed by atoms with van der Waals surface area (Å²) in [5.74, 6) is 2.91. The van der Waals surface area contributed by atoms with Gasteiger partial charge in [0.2, 0.25) is 0 Å². The Hall–Kier alpha value is -1.55. The van der Waals surface area contributed by atoms with Gasteiger partial charge in [0, 0.05) is 18.5 Å². The van der Waals surface area contributed by atoms with E-state index in [0.29, 0.717) is 35.4 Å². The highest BCUT2D eigenvalue weighted by Gasteiger charge is 2.39. The van der Waals surface area contributed by atoms with E-state index < -0.39 is 0 Å². The van der Waals surface area contributed by atoms with E-state index in [4.69, 9.17) is 9.47 Å². The molecule has 4 heteroatoms. The number of Topliss-reactive ketones (excluding diaryl/α,β-unsaturated/α-hetero) is 1. The van der Waals surface area contributed by atoms with E-state index in [2.05, 4.69) is 5.32 Å². The number of rotatable bonds is 5. The van der Waals surface area contributed by atoms with Crippen LogP contribution in [0.15, 0.2) is 18.2 Å². The summed E-state index contributed by atoms with van der Waals surface area (Å²) >= 11 is 0. The number of carbonyl (C=O) groups excluding carboxylic acids is 1. The van der Waals surface area contributed by atoms with Crippen LogP contribution < -0.4 is 14.8 Å². The lowest BCUT2D eigenvalue weighted by Crippen LogP contribution is -2.29. The van der Waals surface area contributed by atoms with Crippen LogP contribution in [0.2, 0.25) is 0 Å². The van der Waals surface area contributed by atoms with E-state index in [-0.39, 0.29) is 5.78 Å². The highest BCUT2D eigenvalue weighted by Crippen LogP contribution is 2.39. The van der Waals surface area contributed by atoms with Crippen molar-refractivity contribution in [3.8, 4) is 11.5 Å². The molecule has 0 amide bonds. The van der Waals surface area contributed by atoms with Gasteiger partial charge in [-0.25, -0.2) is 0 Å². The van der Waals surface area contributed by atoms with Crippen LogP contribution in [0.25, 0.3) is 0 Å². The van der Waals surface area contributed by atoms with Crippen LogP contribution in [0.3, 0.4) is 0 Å². The van der Waals surface area contributed by atoms with Crippen LogP contribution in [-0.2, 0) is 0 Å². The van der Waals surface area contributed by atoms with Crippen LogP contribution in [0.4, 0.5) is 0 Å². The molecule has 0 spiro atoms. The molecule has 1 heterocycles. The molecule has 1 saturated carbocycles. The second-order valence-electron chi connectivity index (χ2n) is 6.06. The Kier molecular flexibility index (Phi) is 4.15. The highest BCUT2D eigenvalue weighted by molar-refractivity contribution is 5.99. The van der Waals surface area contributed by atoms with Gasteiger partial charge in [-0.2, -0.15) is 0 Å². The van der Waals surface area contributed by atoms with Crippen LogP contribution in [0, 0.1) is 11.8 Å². The van der Waals surface area contributed by atoms with E-state index in [1.165, 1.54) is 19.3 Å². The molecule has 3 unspecified atom stereocenters. The molecule has 1 aromatic rings. The predicted octanol–water partition coefficient (Wildman–Crippen LogP) is 2.66. The molecule has 4 nitrogen and oxygen atoms in total. The van der Waals surface area contributed by atoms with Crippen molar-refractivity contribution in [1.82, 2.24) is 5.32 Å². The minimum Gasteiger partial charge on any atom is -0.497 e. The fourth-order valence-electron chi connectivity index (χ4n) is 3.86. The Morgan fingerprint density at radius 1 is 1.29 bits per heavy atom. The number of fused-ring (bicyclic) bond motifs is 1. The molecule has 114 valence electrons. The molecule has 1 N–H and O–H groups in total. The van der Waals surface area contributed by atoms with Gasteiger partial charge in [-0.1, -0.05) is 6.42 Å². The summed E-state index contributed by atoms with van der Waals surface area (Å²) < 4.78 is 10.5. The first-order valence-electron chi connectivity index (χ1n) is 7.71. The van der Waals surface area contributed by atoms with Gasteiger partial charge in [-0.05, 0) is 43.4 Å². The second kappa shape index (κ2) is 6.06. The molecular formula is C17H23NO3. The van der Waals surface area contributed by atoms with Crippen molar-refractivity contribution in [2.24, 2.45) is 11.8 Å². The minimum atomic E-state index is 0.152. The average Bonchev–Trinajstić information content (AvgIpc) is 3.11. The quantitative estimate of drug-likeness (QED) is 0.847. The van der Waals surface area contributed by atoms with Crippen molar-refractivity contribution in [2.45, 2.75) is 31.7 Å². The number of hydrogen-bond acceptors (Lipinski definition) is 4. The first kappa shape index (κ1) is 14.4. The van der Waals surface area contributed by atoms with Crippen LogP contribution in [0.1, 0.15) is 36.0 Å². The summed E-state index contributed by atoms with van der Waals surface area (Å²) in [5.41, 5.74) is 0.654. The van der Waals surface area contributed by atoms with Crippen molar-refractivity contribution >= 4 is 5.78 Å². The summed E-state index contributed by atoms with van der Waals surface area (Å²) in [4.78, 5) is 12.6. The van der Waals surface area contributed by atoms with Crippen molar-refractivity contribution in [1.29, 1.82) is 0 Å². The number of nitrogens with one attached hydrogen (secondary N) is 1. The number of carbonyl (C=O) groups is 1. The van der Waals surface area contributed by atoms with Gasteiger partial charge < -0.3 is 14.8 Å². The third kappa shape index (κ3) is 2.77. The zero-order valence-corrected chi connectivity index (χ0v) is 12.7. The van der Waals surface area contributed by atoms with Crippen LogP contribution in [0.5, 0.6) is 11.5 Å². The molecule has 21 heavy (non-hydrogen) atoms. The maximum atomic E-state index is 12.6. The second-order valence-corrected chi connectivity index (χ2v) is 6.06. The summed E-state index contributed by atoms with van der Waals surface area (Å²) in [6.45, 7) is 1.07. The lowest BCUT2D eigenvalue weighted by atomic mass is 9.90. The normalized spacial score (nSPS) is 27.4. The number of ketones is 1. The third-order valence-corrected chi connectivity index (χ3v) is 4.99. The fourth-order valence-corrected chi connectivity index (χ4v) is 3.86. The zero-order chi connectivity index (χ0) is 14.8. The lowest BCUT2D eigenvalue weighted by Gasteiger charge is -2.18. The molecule has 0 aromatic heterocycles. The Labute approximate surface area is 125 Å². The van der Waals surface area contributed by atoms with Gasteiger partial charge in [-0.3, -0.25) is 4.79 Å².